The van der Waals surface area contributed by atoms with Gasteiger partial charge < -0.3 is 5.73 Å². The Morgan fingerprint density at radius 2 is 1.94 bits per heavy atom. The summed E-state index contributed by atoms with van der Waals surface area (Å²) < 4.78 is 27.1. The Kier molecular flexibility index (Phi) is 3.03. The molecule has 0 spiro atoms. The minimum Gasteiger partial charge on any atom is -0.326 e. The number of halogens is 2. The first-order valence-electron chi connectivity index (χ1n) is 4.86. The number of nitrogens with two attached hydrogens (primary N) is 1. The average Bonchev–Trinajstić information content (AvgIpc) is 2.71. The van der Waals surface area contributed by atoms with Gasteiger partial charge in [-0.15, -0.1) is 11.3 Å². The monoisotopic (exact) mass is 239 g/mol. The maximum absolute atomic E-state index is 13.7. The fourth-order valence-corrected chi connectivity index (χ4v) is 2.36. The minimum atomic E-state index is -0.410. The van der Waals surface area contributed by atoms with Crippen molar-refractivity contribution >= 4 is 11.3 Å². The van der Waals surface area contributed by atoms with Gasteiger partial charge >= 0.3 is 0 Å². The van der Waals surface area contributed by atoms with E-state index in [2.05, 4.69) is 0 Å². The molecule has 2 aromatic rings. The van der Waals surface area contributed by atoms with Gasteiger partial charge in [0.05, 0.1) is 0 Å². The largest absolute Gasteiger partial charge is 0.326 e. The van der Waals surface area contributed by atoms with Crippen molar-refractivity contribution in [2.24, 2.45) is 5.73 Å². The highest BCUT2D eigenvalue weighted by molar-refractivity contribution is 7.10. The van der Waals surface area contributed by atoms with E-state index < -0.39 is 11.6 Å². The van der Waals surface area contributed by atoms with Crippen LogP contribution in [0.15, 0.2) is 23.6 Å². The zero-order valence-electron chi connectivity index (χ0n) is 8.76. The molecule has 0 radical (unpaired) electrons. The maximum atomic E-state index is 13.7. The highest BCUT2D eigenvalue weighted by Crippen LogP contribution is 2.31. The highest BCUT2D eigenvalue weighted by Gasteiger charge is 2.12. The van der Waals surface area contributed by atoms with Crippen LogP contribution in [0, 0.1) is 18.6 Å². The lowest BCUT2D eigenvalue weighted by molar-refractivity contribution is 0.595. The fourth-order valence-electron chi connectivity index (χ4n) is 1.59. The molecule has 4 heteroatoms. The molecule has 16 heavy (non-hydrogen) atoms. The van der Waals surface area contributed by atoms with Crippen LogP contribution < -0.4 is 5.73 Å². The van der Waals surface area contributed by atoms with Gasteiger partial charge in [0.25, 0.3) is 0 Å². The molecule has 2 N–H and O–H groups in total. The second-order valence-electron chi connectivity index (χ2n) is 3.54. The van der Waals surface area contributed by atoms with Crippen LogP contribution in [0.25, 0.3) is 11.1 Å². The number of aryl methyl sites for hydroxylation is 1. The first-order chi connectivity index (χ1) is 7.63. The second-order valence-corrected chi connectivity index (χ2v) is 4.54. The summed E-state index contributed by atoms with van der Waals surface area (Å²) in [5, 5.41) is 1.83. The Morgan fingerprint density at radius 3 is 2.62 bits per heavy atom. The van der Waals surface area contributed by atoms with Gasteiger partial charge in [-0.3, -0.25) is 0 Å². The van der Waals surface area contributed by atoms with E-state index in [9.17, 15) is 8.78 Å². The molecule has 1 nitrogen and oxygen atoms in total. The fraction of sp³-hybridized carbons (Fsp3) is 0.167. The number of hydrogen-bond acceptors (Lipinski definition) is 2. The smallest absolute Gasteiger partial charge is 0.131 e. The molecule has 0 aliphatic heterocycles. The molecule has 84 valence electrons. The molecule has 1 heterocycles. The Balaban J connectivity index is 2.60. The van der Waals surface area contributed by atoms with Crippen molar-refractivity contribution in [3.05, 3.63) is 45.7 Å². The normalized spacial score (nSPS) is 10.8. The predicted molar refractivity (Wildman–Crippen MR) is 62.3 cm³/mol. The van der Waals surface area contributed by atoms with E-state index in [1.54, 1.807) is 13.0 Å². The molecule has 0 saturated carbocycles. The molecule has 0 aliphatic rings. The molecular formula is C12H11F2NS. The van der Waals surface area contributed by atoms with Crippen LogP contribution in [0.2, 0.25) is 0 Å². The summed E-state index contributed by atoms with van der Waals surface area (Å²) in [7, 11) is 0. The van der Waals surface area contributed by atoms with Gasteiger partial charge in [0.15, 0.2) is 0 Å². The lowest BCUT2D eigenvalue weighted by atomic mass is 10.0. The van der Waals surface area contributed by atoms with E-state index in [1.165, 1.54) is 23.5 Å². The summed E-state index contributed by atoms with van der Waals surface area (Å²) in [4.78, 5) is 0.863. The van der Waals surface area contributed by atoms with Gasteiger partial charge in [0.1, 0.15) is 11.6 Å². The van der Waals surface area contributed by atoms with Crippen LogP contribution >= 0.6 is 11.3 Å². The van der Waals surface area contributed by atoms with E-state index in [-0.39, 0.29) is 5.56 Å². The van der Waals surface area contributed by atoms with Gasteiger partial charge in [-0.25, -0.2) is 8.78 Å². The molecule has 0 saturated heterocycles. The number of thiophene rings is 1. The Labute approximate surface area is 96.5 Å². The lowest BCUT2D eigenvalue weighted by Crippen LogP contribution is -1.97. The summed E-state index contributed by atoms with van der Waals surface area (Å²) in [6.07, 6.45) is 0. The van der Waals surface area contributed by atoms with E-state index in [4.69, 9.17) is 5.73 Å². The summed E-state index contributed by atoms with van der Waals surface area (Å²) in [5.74, 6) is -0.808. The summed E-state index contributed by atoms with van der Waals surface area (Å²) in [6.45, 7) is 1.88. The SMILES string of the molecule is Cc1cc(F)c(-c2ccsc2CN)cc1F. The number of hydrogen-bond donors (Lipinski definition) is 1. The van der Waals surface area contributed by atoms with E-state index in [0.29, 0.717) is 17.7 Å². The molecule has 2 rings (SSSR count). The summed E-state index contributed by atoms with van der Waals surface area (Å²) >= 11 is 1.45. The molecule has 1 aromatic carbocycles. The topological polar surface area (TPSA) is 26.0 Å². The van der Waals surface area contributed by atoms with Crippen LogP contribution in [-0.2, 0) is 6.54 Å². The van der Waals surface area contributed by atoms with Crippen molar-refractivity contribution in [3.8, 4) is 11.1 Å². The predicted octanol–water partition coefficient (Wildman–Crippen LogP) is 3.46. The molecule has 0 fully saturated rings. The summed E-state index contributed by atoms with van der Waals surface area (Å²) in [5.41, 5.74) is 6.82. The Morgan fingerprint density at radius 1 is 1.19 bits per heavy atom. The highest BCUT2D eigenvalue weighted by atomic mass is 32.1. The average molecular weight is 239 g/mol. The quantitative estimate of drug-likeness (QED) is 0.853. The van der Waals surface area contributed by atoms with Gasteiger partial charge in [-0.2, -0.15) is 0 Å². The molecule has 0 amide bonds. The van der Waals surface area contributed by atoms with E-state index in [0.717, 1.165) is 4.88 Å². The van der Waals surface area contributed by atoms with Crippen LogP contribution in [0.4, 0.5) is 8.78 Å². The first kappa shape index (κ1) is 11.2. The molecule has 1 aromatic heterocycles. The van der Waals surface area contributed by atoms with Crippen molar-refractivity contribution in [3.63, 3.8) is 0 Å². The van der Waals surface area contributed by atoms with Crippen molar-refractivity contribution in [1.82, 2.24) is 0 Å². The van der Waals surface area contributed by atoms with Crippen LogP contribution in [0.3, 0.4) is 0 Å². The zero-order valence-corrected chi connectivity index (χ0v) is 9.57. The molecule has 0 atom stereocenters. The molecule has 0 bridgehead atoms. The van der Waals surface area contributed by atoms with Crippen LogP contribution in [-0.4, -0.2) is 0 Å². The van der Waals surface area contributed by atoms with Gasteiger partial charge in [0.2, 0.25) is 0 Å². The third-order valence-corrected chi connectivity index (χ3v) is 3.41. The first-order valence-corrected chi connectivity index (χ1v) is 5.74. The third kappa shape index (κ3) is 1.86. The molecule has 0 unspecified atom stereocenters. The van der Waals surface area contributed by atoms with Gasteiger partial charge in [-0.05, 0) is 41.6 Å². The van der Waals surface area contributed by atoms with Gasteiger partial charge in [0, 0.05) is 17.0 Å². The third-order valence-electron chi connectivity index (χ3n) is 2.47. The van der Waals surface area contributed by atoms with Crippen LogP contribution in [0.1, 0.15) is 10.4 Å². The lowest BCUT2D eigenvalue weighted by Gasteiger charge is -2.06. The van der Waals surface area contributed by atoms with Crippen LogP contribution in [0.5, 0.6) is 0 Å². The second kappa shape index (κ2) is 4.31. The Bertz CT molecular complexity index is 520. The van der Waals surface area contributed by atoms with Crippen molar-refractivity contribution in [2.75, 3.05) is 0 Å². The number of rotatable bonds is 2. The minimum absolute atomic E-state index is 0.282. The van der Waals surface area contributed by atoms with E-state index >= 15 is 0 Å². The van der Waals surface area contributed by atoms with Gasteiger partial charge in [-0.1, -0.05) is 0 Å². The number of benzene rings is 1. The Hall–Kier alpha value is -1.26. The van der Waals surface area contributed by atoms with Crippen molar-refractivity contribution in [2.45, 2.75) is 13.5 Å². The van der Waals surface area contributed by atoms with E-state index in [1.807, 2.05) is 5.38 Å². The zero-order chi connectivity index (χ0) is 11.7. The maximum Gasteiger partial charge on any atom is 0.131 e. The molecule has 0 aliphatic carbocycles. The van der Waals surface area contributed by atoms with Crippen molar-refractivity contribution < 1.29 is 8.78 Å². The summed E-state index contributed by atoms with van der Waals surface area (Å²) in [6, 6.07) is 4.20. The van der Waals surface area contributed by atoms with Crippen molar-refractivity contribution in [1.29, 1.82) is 0 Å². The standard InChI is InChI=1S/C12H11F2NS/c1-7-4-11(14)9(5-10(7)13)8-2-3-16-12(8)6-15/h2-5H,6,15H2,1H3. The molecular weight excluding hydrogens is 228 g/mol.